The Bertz CT molecular complexity index is 1290. The van der Waals surface area contributed by atoms with Gasteiger partial charge < -0.3 is 15.5 Å². The first kappa shape index (κ1) is 23.9. The summed E-state index contributed by atoms with van der Waals surface area (Å²) in [6.45, 7) is -1.11. The standard InChI is InChI=1S/C24H18Cl2F3N3O2/c1-31(23(34)21-17(26)3-2-4-18(21)27)19-8-6-13(10-20(19)32-11-24(28,29)12-32)15-9-14(22(30)33)5-7-16(15)25/h2-10H,11-12H2,1H3,(H2,30,33). The highest BCUT2D eigenvalue weighted by molar-refractivity contribution is 6.35. The Hall–Kier alpha value is -3.23. The molecule has 2 N–H and O–H groups in total. The first-order valence-corrected chi connectivity index (χ1v) is 10.8. The van der Waals surface area contributed by atoms with Gasteiger partial charge >= 0.3 is 0 Å². The number of amides is 2. The number of rotatable bonds is 5. The average molecular weight is 508 g/mol. The molecule has 0 spiro atoms. The Morgan fingerprint density at radius 1 is 1.03 bits per heavy atom. The highest BCUT2D eigenvalue weighted by Gasteiger charge is 2.45. The average Bonchev–Trinajstić information content (AvgIpc) is 2.76. The minimum atomic E-state index is -2.88. The van der Waals surface area contributed by atoms with E-state index in [4.69, 9.17) is 28.9 Å². The third-order valence-electron chi connectivity index (χ3n) is 5.56. The summed E-state index contributed by atoms with van der Waals surface area (Å²) in [4.78, 5) is 27.2. The lowest BCUT2D eigenvalue weighted by Gasteiger charge is -2.42. The molecule has 1 heterocycles. The molecular weight excluding hydrogens is 490 g/mol. The molecule has 5 nitrogen and oxygen atoms in total. The molecule has 0 bridgehead atoms. The lowest BCUT2D eigenvalue weighted by Crippen LogP contribution is -2.56. The van der Waals surface area contributed by atoms with Crippen molar-refractivity contribution in [3.8, 4) is 11.1 Å². The van der Waals surface area contributed by atoms with Crippen molar-refractivity contribution in [2.24, 2.45) is 5.73 Å². The monoisotopic (exact) mass is 507 g/mol. The van der Waals surface area contributed by atoms with Gasteiger partial charge in [-0.3, -0.25) is 9.59 Å². The number of alkyl halides is 2. The molecule has 176 valence electrons. The molecule has 0 radical (unpaired) electrons. The molecule has 2 amide bonds. The van der Waals surface area contributed by atoms with E-state index < -0.39 is 36.6 Å². The van der Waals surface area contributed by atoms with Crippen molar-refractivity contribution in [1.82, 2.24) is 0 Å². The van der Waals surface area contributed by atoms with Crippen molar-refractivity contribution >= 4 is 46.4 Å². The number of benzene rings is 3. The van der Waals surface area contributed by atoms with Crippen molar-refractivity contribution < 1.29 is 22.8 Å². The molecule has 3 aromatic carbocycles. The van der Waals surface area contributed by atoms with Gasteiger partial charge in [0, 0.05) is 23.2 Å². The van der Waals surface area contributed by atoms with E-state index in [9.17, 15) is 22.8 Å². The van der Waals surface area contributed by atoms with Gasteiger partial charge in [-0.05, 0) is 48.0 Å². The molecule has 1 aliphatic heterocycles. The van der Waals surface area contributed by atoms with Gasteiger partial charge in [0.15, 0.2) is 0 Å². The van der Waals surface area contributed by atoms with Crippen LogP contribution in [0.5, 0.6) is 0 Å². The molecule has 0 unspecified atom stereocenters. The minimum Gasteiger partial charge on any atom is -0.366 e. The number of nitrogens with two attached hydrogens (primary N) is 1. The number of nitrogens with zero attached hydrogens (tertiary/aromatic N) is 2. The van der Waals surface area contributed by atoms with Gasteiger partial charge in [0.1, 0.15) is 5.82 Å². The number of primary amides is 1. The fourth-order valence-electron chi connectivity index (χ4n) is 3.79. The van der Waals surface area contributed by atoms with E-state index in [2.05, 4.69) is 0 Å². The number of hydrogen-bond acceptors (Lipinski definition) is 3. The molecule has 0 saturated carbocycles. The summed E-state index contributed by atoms with van der Waals surface area (Å²) in [6, 6.07) is 13.1. The first-order valence-electron chi connectivity index (χ1n) is 10.1. The van der Waals surface area contributed by atoms with Crippen molar-refractivity contribution in [2.45, 2.75) is 5.92 Å². The fourth-order valence-corrected chi connectivity index (χ4v) is 4.26. The van der Waals surface area contributed by atoms with E-state index in [1.807, 2.05) is 0 Å². The predicted octanol–water partition coefficient (Wildman–Crippen LogP) is 5.63. The first-order chi connectivity index (χ1) is 16.0. The van der Waals surface area contributed by atoms with Crippen LogP contribution in [0.2, 0.25) is 10.0 Å². The van der Waals surface area contributed by atoms with Crippen LogP contribution < -0.4 is 15.5 Å². The molecule has 1 saturated heterocycles. The van der Waals surface area contributed by atoms with E-state index >= 15 is 0 Å². The van der Waals surface area contributed by atoms with Gasteiger partial charge in [0.25, 0.3) is 11.8 Å². The Balaban J connectivity index is 1.80. The van der Waals surface area contributed by atoms with Crippen LogP contribution in [0.25, 0.3) is 11.1 Å². The fraction of sp³-hybridized carbons (Fsp3) is 0.167. The summed E-state index contributed by atoms with van der Waals surface area (Å²) in [7, 11) is 1.40. The molecular formula is C24H18Cl2F3N3O2. The van der Waals surface area contributed by atoms with Crippen LogP contribution in [0, 0.1) is 5.82 Å². The van der Waals surface area contributed by atoms with Gasteiger partial charge in [-0.25, -0.2) is 13.2 Å². The van der Waals surface area contributed by atoms with Crippen LogP contribution >= 0.6 is 23.2 Å². The quantitative estimate of drug-likeness (QED) is 0.486. The van der Waals surface area contributed by atoms with Crippen LogP contribution in [-0.4, -0.2) is 37.9 Å². The summed E-state index contributed by atoms with van der Waals surface area (Å²) in [5.41, 5.74) is 6.83. The van der Waals surface area contributed by atoms with E-state index in [0.29, 0.717) is 21.8 Å². The zero-order valence-electron chi connectivity index (χ0n) is 17.8. The van der Waals surface area contributed by atoms with Crippen LogP contribution in [-0.2, 0) is 0 Å². The van der Waals surface area contributed by atoms with Crippen LogP contribution in [0.4, 0.5) is 24.5 Å². The number of halogens is 5. The van der Waals surface area contributed by atoms with Gasteiger partial charge in [-0.1, -0.05) is 35.3 Å². The van der Waals surface area contributed by atoms with E-state index in [1.165, 1.54) is 42.3 Å². The zero-order chi connectivity index (χ0) is 24.8. The maximum Gasteiger partial charge on any atom is 0.282 e. The summed E-state index contributed by atoms with van der Waals surface area (Å²) in [5, 5.41) is 0.251. The largest absolute Gasteiger partial charge is 0.366 e. The van der Waals surface area contributed by atoms with Gasteiger partial charge in [-0.2, -0.15) is 0 Å². The molecule has 0 atom stereocenters. The molecule has 1 aliphatic rings. The second kappa shape index (κ2) is 8.85. The normalized spacial score (nSPS) is 14.5. The van der Waals surface area contributed by atoms with Crippen LogP contribution in [0.3, 0.4) is 0 Å². The van der Waals surface area contributed by atoms with Gasteiger partial charge in [-0.15, -0.1) is 0 Å². The number of hydrogen-bond donors (Lipinski definition) is 1. The van der Waals surface area contributed by atoms with E-state index in [0.717, 1.165) is 11.0 Å². The maximum absolute atomic E-state index is 14.4. The minimum absolute atomic E-state index is 0.0689. The van der Waals surface area contributed by atoms with Crippen molar-refractivity contribution in [3.05, 3.63) is 81.6 Å². The zero-order valence-corrected chi connectivity index (χ0v) is 19.3. The summed E-state index contributed by atoms with van der Waals surface area (Å²) >= 11 is 12.4. The van der Waals surface area contributed by atoms with Crippen LogP contribution in [0.1, 0.15) is 20.7 Å². The van der Waals surface area contributed by atoms with Gasteiger partial charge in [0.05, 0.1) is 35.1 Å². The summed E-state index contributed by atoms with van der Waals surface area (Å²) in [6.07, 6.45) is 0. The van der Waals surface area contributed by atoms with Crippen molar-refractivity contribution in [3.63, 3.8) is 0 Å². The van der Waals surface area contributed by atoms with Crippen LogP contribution in [0.15, 0.2) is 54.6 Å². The van der Waals surface area contributed by atoms with E-state index in [1.54, 1.807) is 18.2 Å². The summed E-state index contributed by atoms with van der Waals surface area (Å²) in [5.74, 6) is -5.07. The second-order valence-electron chi connectivity index (χ2n) is 7.94. The Labute approximate surface area is 203 Å². The number of anilines is 2. The van der Waals surface area contributed by atoms with Crippen molar-refractivity contribution in [2.75, 3.05) is 29.9 Å². The highest BCUT2D eigenvalue weighted by atomic mass is 35.5. The molecule has 34 heavy (non-hydrogen) atoms. The third-order valence-corrected chi connectivity index (χ3v) is 6.21. The molecule has 0 aliphatic carbocycles. The molecule has 10 heteroatoms. The Kier molecular flexibility index (Phi) is 6.22. The summed E-state index contributed by atoms with van der Waals surface area (Å²) < 4.78 is 41.8. The molecule has 1 fully saturated rings. The Morgan fingerprint density at radius 2 is 1.74 bits per heavy atom. The van der Waals surface area contributed by atoms with Gasteiger partial charge in [0.2, 0.25) is 5.91 Å². The third kappa shape index (κ3) is 4.43. The molecule has 4 rings (SSSR count). The van der Waals surface area contributed by atoms with Crippen molar-refractivity contribution in [1.29, 1.82) is 0 Å². The topological polar surface area (TPSA) is 66.6 Å². The SMILES string of the molecule is CN(C(=O)c1c(F)cccc1Cl)c1ccc(-c2cc(C(N)=O)ccc2Cl)cc1N1CC(F)(F)C1. The smallest absolute Gasteiger partial charge is 0.282 e. The predicted molar refractivity (Wildman–Crippen MR) is 127 cm³/mol. The molecule has 3 aromatic rings. The van der Waals surface area contributed by atoms with E-state index in [-0.39, 0.29) is 21.8 Å². The Morgan fingerprint density at radius 3 is 2.35 bits per heavy atom. The highest BCUT2D eigenvalue weighted by Crippen LogP contribution is 2.41. The lowest BCUT2D eigenvalue weighted by atomic mass is 9.99. The lowest BCUT2D eigenvalue weighted by molar-refractivity contribution is -0.0261. The second-order valence-corrected chi connectivity index (χ2v) is 8.75. The number of carbonyl (C=O) groups excluding carboxylic acids is 2. The number of carbonyl (C=O) groups is 2. The maximum atomic E-state index is 14.4. The molecule has 0 aromatic heterocycles.